The molecular formula is C6H9BrN2O2. The van der Waals surface area contributed by atoms with Crippen LogP contribution in [-0.2, 0) is 9.63 Å². The second-order valence-corrected chi connectivity index (χ2v) is 3.25. The minimum Gasteiger partial charge on any atom is -0.390 e. The average Bonchev–Trinajstić information content (AvgIpc) is 2.31. The summed E-state index contributed by atoms with van der Waals surface area (Å²) < 4.78 is 0.799. The third kappa shape index (κ3) is 2.88. The van der Waals surface area contributed by atoms with E-state index in [2.05, 4.69) is 26.4 Å². The number of halogens is 1. The SMILES string of the molecule is CC(=O)NCC1CC(Br)=NO1. The maximum atomic E-state index is 10.5. The molecule has 1 N–H and O–H groups in total. The van der Waals surface area contributed by atoms with E-state index in [0.29, 0.717) is 6.54 Å². The molecule has 1 aliphatic rings. The highest BCUT2D eigenvalue weighted by atomic mass is 79.9. The topological polar surface area (TPSA) is 50.7 Å². The molecule has 0 saturated carbocycles. The summed E-state index contributed by atoms with van der Waals surface area (Å²) in [5.74, 6) is -0.0448. The molecular weight excluding hydrogens is 212 g/mol. The van der Waals surface area contributed by atoms with Crippen molar-refractivity contribution in [1.82, 2.24) is 5.32 Å². The molecule has 1 rings (SSSR count). The van der Waals surface area contributed by atoms with E-state index in [4.69, 9.17) is 4.84 Å². The number of carbonyl (C=O) groups excluding carboxylic acids is 1. The molecule has 0 aromatic carbocycles. The van der Waals surface area contributed by atoms with Crippen LogP contribution in [0.15, 0.2) is 5.16 Å². The van der Waals surface area contributed by atoms with Gasteiger partial charge in [0.1, 0.15) is 4.62 Å². The van der Waals surface area contributed by atoms with Crippen LogP contribution in [0.4, 0.5) is 0 Å². The van der Waals surface area contributed by atoms with Crippen molar-refractivity contribution in [3.8, 4) is 0 Å². The smallest absolute Gasteiger partial charge is 0.217 e. The van der Waals surface area contributed by atoms with Crippen LogP contribution in [-0.4, -0.2) is 23.2 Å². The molecule has 0 saturated heterocycles. The first-order valence-corrected chi connectivity index (χ1v) is 4.10. The molecule has 0 fully saturated rings. The van der Waals surface area contributed by atoms with Crippen molar-refractivity contribution in [2.24, 2.45) is 5.16 Å². The highest BCUT2D eigenvalue weighted by molar-refractivity contribution is 9.18. The van der Waals surface area contributed by atoms with Crippen molar-refractivity contribution in [1.29, 1.82) is 0 Å². The number of hydrogen-bond donors (Lipinski definition) is 1. The van der Waals surface area contributed by atoms with E-state index in [1.807, 2.05) is 0 Å². The standard InChI is InChI=1S/C6H9BrN2O2/c1-4(10)8-3-5-2-6(7)9-11-5/h5H,2-3H2,1H3,(H,8,10). The van der Waals surface area contributed by atoms with Crippen LogP contribution in [0.25, 0.3) is 0 Å². The molecule has 1 heterocycles. The molecule has 0 radical (unpaired) electrons. The van der Waals surface area contributed by atoms with E-state index < -0.39 is 0 Å². The van der Waals surface area contributed by atoms with Crippen molar-refractivity contribution in [2.75, 3.05) is 6.54 Å². The number of carbonyl (C=O) groups is 1. The lowest BCUT2D eigenvalue weighted by molar-refractivity contribution is -0.119. The first-order chi connectivity index (χ1) is 5.18. The van der Waals surface area contributed by atoms with E-state index in [-0.39, 0.29) is 12.0 Å². The van der Waals surface area contributed by atoms with E-state index in [1.165, 1.54) is 6.92 Å². The van der Waals surface area contributed by atoms with Gasteiger partial charge in [-0.15, -0.1) is 0 Å². The Kier molecular flexibility index (Phi) is 2.87. The monoisotopic (exact) mass is 220 g/mol. The average molecular weight is 221 g/mol. The summed E-state index contributed by atoms with van der Waals surface area (Å²) in [5.41, 5.74) is 0. The maximum absolute atomic E-state index is 10.5. The molecule has 0 aromatic rings. The lowest BCUT2D eigenvalue weighted by Crippen LogP contribution is -2.30. The molecule has 0 bridgehead atoms. The number of rotatable bonds is 2. The zero-order valence-corrected chi connectivity index (χ0v) is 7.72. The normalized spacial score (nSPS) is 22.4. The van der Waals surface area contributed by atoms with E-state index >= 15 is 0 Å². The van der Waals surface area contributed by atoms with Crippen LogP contribution in [0.1, 0.15) is 13.3 Å². The van der Waals surface area contributed by atoms with Gasteiger partial charge in [-0.2, -0.15) is 0 Å². The van der Waals surface area contributed by atoms with Gasteiger partial charge in [0.2, 0.25) is 5.91 Å². The van der Waals surface area contributed by atoms with Gasteiger partial charge >= 0.3 is 0 Å². The minimum absolute atomic E-state index is 0.00623. The lowest BCUT2D eigenvalue weighted by atomic mass is 10.3. The van der Waals surface area contributed by atoms with Gasteiger partial charge < -0.3 is 10.2 Å². The highest BCUT2D eigenvalue weighted by Crippen LogP contribution is 2.12. The number of nitrogens with one attached hydrogen (secondary N) is 1. The first kappa shape index (κ1) is 8.52. The van der Waals surface area contributed by atoms with E-state index in [9.17, 15) is 4.79 Å². The summed E-state index contributed by atoms with van der Waals surface area (Å²) in [7, 11) is 0. The van der Waals surface area contributed by atoms with Gasteiger partial charge in [0, 0.05) is 13.3 Å². The fourth-order valence-corrected chi connectivity index (χ4v) is 1.21. The Hall–Kier alpha value is -0.580. The third-order valence-corrected chi connectivity index (χ3v) is 1.74. The third-order valence-electron chi connectivity index (χ3n) is 1.28. The van der Waals surface area contributed by atoms with Crippen LogP contribution in [0.2, 0.25) is 0 Å². The van der Waals surface area contributed by atoms with Gasteiger partial charge in [-0.25, -0.2) is 0 Å². The molecule has 1 aliphatic heterocycles. The Bertz CT molecular complexity index is 193. The Morgan fingerprint density at radius 3 is 3.18 bits per heavy atom. The molecule has 11 heavy (non-hydrogen) atoms. The van der Waals surface area contributed by atoms with Crippen LogP contribution in [0.3, 0.4) is 0 Å². The fourth-order valence-electron chi connectivity index (χ4n) is 0.761. The predicted molar refractivity (Wildman–Crippen MR) is 44.5 cm³/mol. The molecule has 0 aliphatic carbocycles. The van der Waals surface area contributed by atoms with Gasteiger partial charge in [-0.05, 0) is 15.9 Å². The summed E-state index contributed by atoms with van der Waals surface area (Å²) in [5, 5.41) is 6.33. The van der Waals surface area contributed by atoms with Crippen molar-refractivity contribution < 1.29 is 9.63 Å². The summed E-state index contributed by atoms with van der Waals surface area (Å²) in [4.78, 5) is 15.4. The van der Waals surface area contributed by atoms with Gasteiger partial charge in [0.25, 0.3) is 0 Å². The summed E-state index contributed by atoms with van der Waals surface area (Å²) in [6, 6.07) is 0. The van der Waals surface area contributed by atoms with E-state index in [0.717, 1.165) is 11.0 Å². The molecule has 1 unspecified atom stereocenters. The molecule has 0 aromatic heterocycles. The highest BCUT2D eigenvalue weighted by Gasteiger charge is 2.18. The number of oxime groups is 1. The van der Waals surface area contributed by atoms with Crippen molar-refractivity contribution >= 4 is 26.5 Å². The van der Waals surface area contributed by atoms with Crippen molar-refractivity contribution in [3.63, 3.8) is 0 Å². The Morgan fingerprint density at radius 1 is 2.00 bits per heavy atom. The lowest BCUT2D eigenvalue weighted by Gasteiger charge is -2.06. The van der Waals surface area contributed by atoms with Gasteiger partial charge in [-0.1, -0.05) is 5.16 Å². The molecule has 5 heteroatoms. The molecule has 1 amide bonds. The largest absolute Gasteiger partial charge is 0.390 e. The minimum atomic E-state index is -0.0448. The summed E-state index contributed by atoms with van der Waals surface area (Å²) in [6.07, 6.45) is 0.730. The Balaban J connectivity index is 2.16. The fraction of sp³-hybridized carbons (Fsp3) is 0.667. The Labute approximate surface area is 73.1 Å². The zero-order chi connectivity index (χ0) is 8.27. The second-order valence-electron chi connectivity index (χ2n) is 2.34. The maximum Gasteiger partial charge on any atom is 0.217 e. The molecule has 1 atom stereocenters. The molecule has 0 spiro atoms. The van der Waals surface area contributed by atoms with E-state index in [1.54, 1.807) is 0 Å². The van der Waals surface area contributed by atoms with Gasteiger partial charge in [0.15, 0.2) is 6.10 Å². The number of nitrogens with zero attached hydrogens (tertiary/aromatic N) is 1. The van der Waals surface area contributed by atoms with Crippen LogP contribution in [0.5, 0.6) is 0 Å². The second kappa shape index (κ2) is 3.71. The molecule has 4 nitrogen and oxygen atoms in total. The predicted octanol–water partition coefficient (Wildman–Crippen LogP) is 0.620. The number of hydrogen-bond acceptors (Lipinski definition) is 3. The van der Waals surface area contributed by atoms with Gasteiger partial charge in [-0.3, -0.25) is 4.79 Å². The molecule has 62 valence electrons. The summed E-state index contributed by atoms with van der Waals surface area (Å²) >= 11 is 3.20. The Morgan fingerprint density at radius 2 is 2.73 bits per heavy atom. The van der Waals surface area contributed by atoms with Crippen LogP contribution in [0, 0.1) is 0 Å². The first-order valence-electron chi connectivity index (χ1n) is 3.31. The van der Waals surface area contributed by atoms with Crippen LogP contribution < -0.4 is 5.32 Å². The number of amides is 1. The van der Waals surface area contributed by atoms with Gasteiger partial charge in [0.05, 0.1) is 6.54 Å². The van der Waals surface area contributed by atoms with Crippen molar-refractivity contribution in [2.45, 2.75) is 19.4 Å². The zero-order valence-electron chi connectivity index (χ0n) is 6.13. The summed E-state index contributed by atoms with van der Waals surface area (Å²) in [6.45, 7) is 2.00. The quantitative estimate of drug-likeness (QED) is 0.743. The van der Waals surface area contributed by atoms with Crippen LogP contribution >= 0.6 is 15.9 Å². The van der Waals surface area contributed by atoms with Crippen molar-refractivity contribution in [3.05, 3.63) is 0 Å².